The van der Waals surface area contributed by atoms with Crippen LogP contribution in [-0.2, 0) is 14.4 Å². The molecule has 3 aliphatic rings. The first kappa shape index (κ1) is 19.5. The summed E-state index contributed by atoms with van der Waals surface area (Å²) in [5.41, 5.74) is 1.02. The number of allylic oxidation sites excluding steroid dienone is 2. The Kier molecular flexibility index (Phi) is 4.61. The number of phenols is 1. The van der Waals surface area contributed by atoms with Crippen LogP contribution >= 0.6 is 0 Å². The molecule has 5 atom stereocenters. The summed E-state index contributed by atoms with van der Waals surface area (Å²) in [6.07, 6.45) is 4.71. The largest absolute Gasteiger partial charge is 0.508 e. The van der Waals surface area contributed by atoms with Crippen molar-refractivity contribution in [1.29, 1.82) is 0 Å². The first-order chi connectivity index (χ1) is 14.9. The number of imide groups is 1. The molecule has 2 aromatic carbocycles. The van der Waals surface area contributed by atoms with Crippen molar-refractivity contribution in [2.24, 2.45) is 23.7 Å². The van der Waals surface area contributed by atoms with E-state index in [0.29, 0.717) is 11.3 Å². The summed E-state index contributed by atoms with van der Waals surface area (Å²) in [6, 6.07) is 10.7. The Morgan fingerprint density at radius 2 is 1.58 bits per heavy atom. The average molecular weight is 420 g/mol. The molecule has 5 unspecified atom stereocenters. The number of amides is 3. The van der Waals surface area contributed by atoms with Crippen LogP contribution in [0.15, 0.2) is 60.7 Å². The van der Waals surface area contributed by atoms with E-state index in [1.807, 2.05) is 12.2 Å². The van der Waals surface area contributed by atoms with Gasteiger partial charge in [0.05, 0.1) is 24.3 Å². The molecule has 0 spiro atoms. The van der Waals surface area contributed by atoms with Gasteiger partial charge in [0.1, 0.15) is 11.6 Å². The third kappa shape index (κ3) is 3.30. The minimum Gasteiger partial charge on any atom is -0.508 e. The number of phenolic OH excluding ortho intramolecular Hbond substituents is 1. The fourth-order valence-electron chi connectivity index (χ4n) is 5.21. The van der Waals surface area contributed by atoms with E-state index in [1.165, 1.54) is 41.3 Å². The highest BCUT2D eigenvalue weighted by atomic mass is 19.1. The fraction of sp³-hybridized carbons (Fsp3) is 0.292. The SMILES string of the molecule is O=C(CC(c1ccc(F)cc1)N1C(=O)C2C3C=CC(C3)C2C1=O)Nc1ccc(O)cc1. The molecular weight excluding hydrogens is 399 g/mol. The van der Waals surface area contributed by atoms with Gasteiger partial charge in [0, 0.05) is 5.69 Å². The van der Waals surface area contributed by atoms with Gasteiger partial charge in [-0.1, -0.05) is 24.3 Å². The summed E-state index contributed by atoms with van der Waals surface area (Å²) in [7, 11) is 0. The van der Waals surface area contributed by atoms with E-state index in [2.05, 4.69) is 5.32 Å². The van der Waals surface area contributed by atoms with Crippen LogP contribution in [0, 0.1) is 29.5 Å². The smallest absolute Gasteiger partial charge is 0.234 e. The van der Waals surface area contributed by atoms with E-state index >= 15 is 0 Å². The Labute approximate surface area is 178 Å². The van der Waals surface area contributed by atoms with Crippen molar-refractivity contribution >= 4 is 23.4 Å². The average Bonchev–Trinajstić information content (AvgIpc) is 3.43. The van der Waals surface area contributed by atoms with Crippen LogP contribution in [0.2, 0.25) is 0 Å². The highest BCUT2D eigenvalue weighted by molar-refractivity contribution is 6.07. The van der Waals surface area contributed by atoms with Crippen LogP contribution in [0.5, 0.6) is 5.75 Å². The van der Waals surface area contributed by atoms with E-state index < -0.39 is 17.8 Å². The lowest BCUT2D eigenvalue weighted by molar-refractivity contribution is -0.144. The van der Waals surface area contributed by atoms with Crippen LogP contribution in [0.25, 0.3) is 0 Å². The van der Waals surface area contributed by atoms with Gasteiger partial charge in [-0.05, 0) is 60.2 Å². The van der Waals surface area contributed by atoms with Crippen molar-refractivity contribution in [3.63, 3.8) is 0 Å². The van der Waals surface area contributed by atoms with Crippen LogP contribution < -0.4 is 5.32 Å². The number of aromatic hydroxyl groups is 1. The number of rotatable bonds is 5. The highest BCUT2D eigenvalue weighted by Gasteiger charge is 2.60. The lowest BCUT2D eigenvalue weighted by Crippen LogP contribution is -2.38. The summed E-state index contributed by atoms with van der Waals surface area (Å²) in [6.45, 7) is 0. The maximum Gasteiger partial charge on any atom is 0.234 e. The molecule has 31 heavy (non-hydrogen) atoms. The number of anilines is 1. The number of likely N-dealkylation sites (tertiary alicyclic amines) is 1. The summed E-state index contributed by atoms with van der Waals surface area (Å²) in [4.78, 5) is 40.6. The molecular formula is C24H21FN2O4. The number of nitrogens with zero attached hydrogens (tertiary/aromatic N) is 1. The van der Waals surface area contributed by atoms with Crippen molar-refractivity contribution in [3.8, 4) is 5.75 Å². The number of benzene rings is 2. The number of carbonyl (C=O) groups is 3. The summed E-state index contributed by atoms with van der Waals surface area (Å²) in [5, 5.41) is 12.1. The lowest BCUT2D eigenvalue weighted by Gasteiger charge is -2.28. The second kappa shape index (κ2) is 7.34. The van der Waals surface area contributed by atoms with Gasteiger partial charge in [0.2, 0.25) is 17.7 Å². The first-order valence-corrected chi connectivity index (χ1v) is 10.3. The van der Waals surface area contributed by atoms with Gasteiger partial charge in [-0.25, -0.2) is 4.39 Å². The zero-order valence-corrected chi connectivity index (χ0v) is 16.6. The van der Waals surface area contributed by atoms with Gasteiger partial charge >= 0.3 is 0 Å². The number of hydrogen-bond acceptors (Lipinski definition) is 4. The fourth-order valence-corrected chi connectivity index (χ4v) is 5.21. The van der Waals surface area contributed by atoms with Gasteiger partial charge in [-0.3, -0.25) is 19.3 Å². The third-order valence-corrected chi connectivity index (χ3v) is 6.60. The van der Waals surface area contributed by atoms with Gasteiger partial charge in [-0.2, -0.15) is 0 Å². The van der Waals surface area contributed by atoms with Gasteiger partial charge < -0.3 is 10.4 Å². The molecule has 0 aromatic heterocycles. The molecule has 0 radical (unpaired) electrons. The molecule has 7 heteroatoms. The Balaban J connectivity index is 1.43. The van der Waals surface area contributed by atoms with Crippen LogP contribution in [0.1, 0.15) is 24.4 Å². The zero-order chi connectivity index (χ0) is 21.7. The molecule has 1 saturated heterocycles. The van der Waals surface area contributed by atoms with Gasteiger partial charge in [0.25, 0.3) is 0 Å². The topological polar surface area (TPSA) is 86.7 Å². The second-order valence-corrected chi connectivity index (χ2v) is 8.41. The number of hydrogen-bond donors (Lipinski definition) is 2. The van der Waals surface area contributed by atoms with Crippen LogP contribution in [0.4, 0.5) is 10.1 Å². The second-order valence-electron chi connectivity index (χ2n) is 8.41. The molecule has 158 valence electrons. The monoisotopic (exact) mass is 420 g/mol. The molecule has 1 heterocycles. The van der Waals surface area contributed by atoms with Gasteiger partial charge in [0.15, 0.2) is 0 Å². The summed E-state index contributed by atoms with van der Waals surface area (Å²) >= 11 is 0. The minimum absolute atomic E-state index is 0.0659. The number of fused-ring (bicyclic) bond motifs is 5. The van der Waals surface area contributed by atoms with Crippen LogP contribution in [-0.4, -0.2) is 27.7 Å². The quantitative estimate of drug-likeness (QED) is 0.441. The van der Waals surface area contributed by atoms with Gasteiger partial charge in [-0.15, -0.1) is 0 Å². The number of carbonyl (C=O) groups excluding carboxylic acids is 3. The Hall–Kier alpha value is -3.48. The van der Waals surface area contributed by atoms with Crippen molar-refractivity contribution in [1.82, 2.24) is 4.90 Å². The van der Waals surface area contributed by atoms with Crippen molar-refractivity contribution < 1.29 is 23.9 Å². The maximum absolute atomic E-state index is 13.5. The normalized spacial score (nSPS) is 26.9. The number of halogens is 1. The van der Waals surface area contributed by atoms with E-state index in [1.54, 1.807) is 12.1 Å². The molecule has 2 aliphatic carbocycles. The molecule has 6 nitrogen and oxygen atoms in total. The van der Waals surface area contributed by atoms with E-state index in [0.717, 1.165) is 6.42 Å². The molecule has 1 aliphatic heterocycles. The highest BCUT2D eigenvalue weighted by Crippen LogP contribution is 2.54. The maximum atomic E-state index is 13.5. The lowest BCUT2D eigenvalue weighted by atomic mass is 9.85. The Morgan fingerprint density at radius 3 is 2.16 bits per heavy atom. The van der Waals surface area contributed by atoms with E-state index in [4.69, 9.17) is 0 Å². The standard InChI is InChI=1S/C24H21FN2O4/c25-16-5-3-13(4-6-16)19(12-20(29)26-17-7-9-18(28)10-8-17)27-23(30)21-14-1-2-15(11-14)22(21)24(27)31/h1-10,14-15,19,21-22,28H,11-12H2,(H,26,29). The Morgan fingerprint density at radius 1 is 1.00 bits per heavy atom. The minimum atomic E-state index is -0.817. The van der Waals surface area contributed by atoms with Crippen molar-refractivity contribution in [2.45, 2.75) is 18.9 Å². The zero-order valence-electron chi connectivity index (χ0n) is 16.6. The molecule has 1 saturated carbocycles. The van der Waals surface area contributed by atoms with Crippen molar-refractivity contribution in [2.75, 3.05) is 5.32 Å². The first-order valence-electron chi connectivity index (χ1n) is 10.3. The summed E-state index contributed by atoms with van der Waals surface area (Å²) in [5.74, 6) is -1.86. The molecule has 5 rings (SSSR count). The molecule has 2 fully saturated rings. The molecule has 3 amide bonds. The molecule has 2 N–H and O–H groups in total. The Bertz CT molecular complexity index is 1050. The summed E-state index contributed by atoms with van der Waals surface area (Å²) < 4.78 is 13.5. The van der Waals surface area contributed by atoms with E-state index in [9.17, 15) is 23.9 Å². The van der Waals surface area contributed by atoms with E-state index in [-0.39, 0.29) is 47.7 Å². The van der Waals surface area contributed by atoms with Crippen LogP contribution in [0.3, 0.4) is 0 Å². The third-order valence-electron chi connectivity index (χ3n) is 6.60. The predicted octanol–water partition coefficient (Wildman–Crippen LogP) is 3.41. The van der Waals surface area contributed by atoms with Crippen molar-refractivity contribution in [3.05, 3.63) is 72.1 Å². The number of nitrogens with one attached hydrogen (secondary N) is 1. The predicted molar refractivity (Wildman–Crippen MR) is 110 cm³/mol. The molecule has 2 bridgehead atoms. The molecule has 2 aromatic rings.